The molecule has 1 unspecified atom stereocenters. The minimum absolute atomic E-state index is 0.0717. The van der Waals surface area contributed by atoms with Gasteiger partial charge in [0.15, 0.2) is 0 Å². The first-order valence-corrected chi connectivity index (χ1v) is 12.3. The molecule has 1 atom stereocenters. The number of amides is 3. The summed E-state index contributed by atoms with van der Waals surface area (Å²) in [6.45, 7) is -0.0717. The molecule has 0 aromatic heterocycles. The smallest absolute Gasteiger partial charge is 0.257 e. The molecular formula is C24H19ClFN3O5S. The lowest BCUT2D eigenvalue weighted by molar-refractivity contribution is -0.122. The second-order valence-corrected chi connectivity index (χ2v) is 9.83. The fraction of sp³-hybridized carbons (Fsp3) is 0.125. The Balaban J connectivity index is 1.69. The third kappa shape index (κ3) is 5.09. The molecule has 1 heterocycles. The van der Waals surface area contributed by atoms with Crippen LogP contribution in [0.2, 0.25) is 5.02 Å². The summed E-state index contributed by atoms with van der Waals surface area (Å²) in [5.41, 5.74) is 0.831. The van der Waals surface area contributed by atoms with Crippen molar-refractivity contribution in [2.45, 2.75) is 23.9 Å². The van der Waals surface area contributed by atoms with Gasteiger partial charge in [0.2, 0.25) is 15.9 Å². The van der Waals surface area contributed by atoms with E-state index in [4.69, 9.17) is 16.7 Å². The average Bonchev–Trinajstić information content (AvgIpc) is 3.11. The number of primary sulfonamides is 1. The molecule has 8 nitrogen and oxygen atoms in total. The van der Waals surface area contributed by atoms with E-state index in [1.165, 1.54) is 41.3 Å². The SMILES string of the molecule is NS(=O)(=O)c1ccc(N2C(=O)CC(N(Cc3ccccc3Cl)C(=O)c3ccc(F)cc3)C2=O)cc1. The average molecular weight is 516 g/mol. The van der Waals surface area contributed by atoms with Gasteiger partial charge in [0.25, 0.3) is 11.8 Å². The standard InChI is InChI=1S/C24H19ClFN3O5S/c25-20-4-2-1-3-16(20)14-28(23(31)15-5-7-17(26)8-6-15)21-13-22(30)29(24(21)32)18-9-11-19(12-10-18)35(27,33)34/h1-12,21H,13-14H2,(H2,27,33,34). The number of hydrogen-bond donors (Lipinski definition) is 1. The van der Waals surface area contributed by atoms with E-state index >= 15 is 0 Å². The summed E-state index contributed by atoms with van der Waals surface area (Å²) in [6.07, 6.45) is -0.298. The molecule has 3 aromatic rings. The van der Waals surface area contributed by atoms with Crippen LogP contribution in [0.4, 0.5) is 10.1 Å². The van der Waals surface area contributed by atoms with Gasteiger partial charge >= 0.3 is 0 Å². The van der Waals surface area contributed by atoms with Gasteiger partial charge in [-0.15, -0.1) is 0 Å². The van der Waals surface area contributed by atoms with E-state index in [1.54, 1.807) is 24.3 Å². The van der Waals surface area contributed by atoms with Crippen LogP contribution in [0.5, 0.6) is 0 Å². The van der Waals surface area contributed by atoms with Crippen molar-refractivity contribution in [3.63, 3.8) is 0 Å². The van der Waals surface area contributed by atoms with Gasteiger partial charge in [0, 0.05) is 17.1 Å². The van der Waals surface area contributed by atoms with Gasteiger partial charge in [-0.25, -0.2) is 22.8 Å². The van der Waals surface area contributed by atoms with Gasteiger partial charge in [-0.05, 0) is 60.2 Å². The zero-order chi connectivity index (χ0) is 25.3. The highest BCUT2D eigenvalue weighted by molar-refractivity contribution is 7.89. The molecule has 0 spiro atoms. The molecule has 180 valence electrons. The topological polar surface area (TPSA) is 118 Å². The molecule has 1 aliphatic heterocycles. The number of sulfonamides is 1. The van der Waals surface area contributed by atoms with E-state index in [2.05, 4.69) is 0 Å². The van der Waals surface area contributed by atoms with Crippen LogP contribution in [-0.2, 0) is 26.2 Å². The number of rotatable bonds is 6. The quantitative estimate of drug-likeness (QED) is 0.506. The van der Waals surface area contributed by atoms with Crippen molar-refractivity contribution in [2.24, 2.45) is 5.14 Å². The van der Waals surface area contributed by atoms with E-state index in [0.29, 0.717) is 10.6 Å². The molecule has 0 bridgehead atoms. The molecule has 0 saturated carbocycles. The van der Waals surface area contributed by atoms with Gasteiger partial charge in [0.1, 0.15) is 11.9 Å². The Labute approximate surface area is 205 Å². The lowest BCUT2D eigenvalue weighted by Gasteiger charge is -2.28. The fourth-order valence-corrected chi connectivity index (χ4v) is 4.52. The Bertz CT molecular complexity index is 1410. The number of halogens is 2. The summed E-state index contributed by atoms with van der Waals surface area (Å²) in [6, 6.07) is 15.4. The van der Waals surface area contributed by atoms with Crippen LogP contribution in [0, 0.1) is 5.82 Å². The maximum atomic E-state index is 13.4. The molecular weight excluding hydrogens is 497 g/mol. The Kier molecular flexibility index (Phi) is 6.70. The third-order valence-electron chi connectivity index (χ3n) is 5.57. The molecule has 35 heavy (non-hydrogen) atoms. The molecule has 3 amide bonds. The Morgan fingerprint density at radius 1 is 1.03 bits per heavy atom. The lowest BCUT2D eigenvalue weighted by Crippen LogP contribution is -2.45. The largest absolute Gasteiger partial charge is 0.322 e. The van der Waals surface area contributed by atoms with Crippen molar-refractivity contribution >= 4 is 45.0 Å². The minimum atomic E-state index is -3.96. The maximum absolute atomic E-state index is 13.4. The van der Waals surface area contributed by atoms with E-state index < -0.39 is 39.6 Å². The molecule has 4 rings (SSSR count). The summed E-state index contributed by atoms with van der Waals surface area (Å²) in [4.78, 5) is 41.6. The Hall–Kier alpha value is -3.60. The minimum Gasteiger partial charge on any atom is -0.322 e. The van der Waals surface area contributed by atoms with Gasteiger partial charge in [-0.1, -0.05) is 29.8 Å². The number of benzene rings is 3. The molecule has 1 aliphatic rings. The molecule has 0 radical (unpaired) electrons. The number of anilines is 1. The highest BCUT2D eigenvalue weighted by atomic mass is 35.5. The number of hydrogen-bond acceptors (Lipinski definition) is 5. The zero-order valence-electron chi connectivity index (χ0n) is 18.1. The third-order valence-corrected chi connectivity index (χ3v) is 6.87. The maximum Gasteiger partial charge on any atom is 0.257 e. The van der Waals surface area contributed by atoms with Crippen LogP contribution in [0.25, 0.3) is 0 Å². The summed E-state index contributed by atoms with van der Waals surface area (Å²) in [5.74, 6) is -2.34. The van der Waals surface area contributed by atoms with Crippen LogP contribution >= 0.6 is 11.6 Å². The van der Waals surface area contributed by atoms with E-state index in [-0.39, 0.29) is 29.1 Å². The first kappa shape index (κ1) is 24.5. The van der Waals surface area contributed by atoms with Crippen LogP contribution in [0.3, 0.4) is 0 Å². The molecule has 1 saturated heterocycles. The normalized spacial score (nSPS) is 16.0. The second-order valence-electron chi connectivity index (χ2n) is 7.86. The van der Waals surface area contributed by atoms with Crippen molar-refractivity contribution < 1.29 is 27.2 Å². The predicted octanol–water partition coefficient (Wildman–Crippen LogP) is 3.10. The second kappa shape index (κ2) is 9.57. The molecule has 1 fully saturated rings. The fourth-order valence-electron chi connectivity index (χ4n) is 3.81. The number of nitrogens with two attached hydrogens (primary N) is 1. The molecule has 0 aliphatic carbocycles. The van der Waals surface area contributed by atoms with Crippen molar-refractivity contribution in [1.82, 2.24) is 4.90 Å². The first-order valence-electron chi connectivity index (χ1n) is 10.4. The number of nitrogens with zero attached hydrogens (tertiary/aromatic N) is 2. The van der Waals surface area contributed by atoms with Crippen molar-refractivity contribution in [3.05, 3.63) is 94.8 Å². The van der Waals surface area contributed by atoms with Gasteiger partial charge in [-0.2, -0.15) is 0 Å². The first-order chi connectivity index (χ1) is 16.6. The van der Waals surface area contributed by atoms with Crippen LogP contribution < -0.4 is 10.0 Å². The van der Waals surface area contributed by atoms with E-state index in [0.717, 1.165) is 17.0 Å². The summed E-state index contributed by atoms with van der Waals surface area (Å²) >= 11 is 6.28. The Morgan fingerprint density at radius 3 is 2.26 bits per heavy atom. The summed E-state index contributed by atoms with van der Waals surface area (Å²) in [7, 11) is -3.96. The van der Waals surface area contributed by atoms with Gasteiger partial charge in [0.05, 0.1) is 17.0 Å². The highest BCUT2D eigenvalue weighted by Gasteiger charge is 2.44. The van der Waals surface area contributed by atoms with Crippen molar-refractivity contribution in [1.29, 1.82) is 0 Å². The zero-order valence-corrected chi connectivity index (χ0v) is 19.7. The van der Waals surface area contributed by atoms with Crippen molar-refractivity contribution in [2.75, 3.05) is 4.90 Å². The number of imide groups is 1. The van der Waals surface area contributed by atoms with Crippen LogP contribution in [-0.4, -0.2) is 37.1 Å². The Morgan fingerprint density at radius 2 is 1.66 bits per heavy atom. The highest BCUT2D eigenvalue weighted by Crippen LogP contribution is 2.29. The van der Waals surface area contributed by atoms with Gasteiger partial charge < -0.3 is 4.90 Å². The summed E-state index contributed by atoms with van der Waals surface area (Å²) < 4.78 is 36.5. The summed E-state index contributed by atoms with van der Waals surface area (Å²) in [5, 5.41) is 5.48. The predicted molar refractivity (Wildman–Crippen MR) is 126 cm³/mol. The number of carbonyl (C=O) groups excluding carboxylic acids is 3. The van der Waals surface area contributed by atoms with E-state index in [9.17, 15) is 27.2 Å². The van der Waals surface area contributed by atoms with Crippen molar-refractivity contribution in [3.8, 4) is 0 Å². The number of carbonyl (C=O) groups is 3. The molecule has 11 heteroatoms. The molecule has 3 aromatic carbocycles. The van der Waals surface area contributed by atoms with E-state index in [1.807, 2.05) is 0 Å². The lowest BCUT2D eigenvalue weighted by atomic mass is 10.1. The van der Waals surface area contributed by atoms with Crippen LogP contribution in [0.15, 0.2) is 77.7 Å². The van der Waals surface area contributed by atoms with Gasteiger partial charge in [-0.3, -0.25) is 14.4 Å². The molecule has 2 N–H and O–H groups in total. The van der Waals surface area contributed by atoms with Crippen LogP contribution in [0.1, 0.15) is 22.3 Å². The monoisotopic (exact) mass is 515 g/mol.